The molecule has 118 valence electrons. The predicted octanol–water partition coefficient (Wildman–Crippen LogP) is 4.70. The normalized spacial score (nSPS) is 10.6. The zero-order chi connectivity index (χ0) is 16.4. The molecule has 0 aliphatic heterocycles. The number of nitrogens with one attached hydrogen (secondary N) is 1. The number of para-hydroxylation sites is 1. The maximum Gasteiger partial charge on any atom is 0.224 e. The van der Waals surface area contributed by atoms with Gasteiger partial charge in [0.1, 0.15) is 17.3 Å². The molecule has 7 heteroatoms. The molecule has 3 aromatic rings. The van der Waals surface area contributed by atoms with E-state index in [1.807, 2.05) is 24.3 Å². The lowest BCUT2D eigenvalue weighted by Gasteiger charge is -2.14. The number of nitrogens with zero attached hydrogens (tertiary/aromatic N) is 2. The Kier molecular flexibility index (Phi) is 4.41. The van der Waals surface area contributed by atoms with Gasteiger partial charge in [-0.2, -0.15) is 4.98 Å². The summed E-state index contributed by atoms with van der Waals surface area (Å²) in [5.41, 5.74) is 1.41. The molecule has 0 amide bonds. The Balaban J connectivity index is 2.12. The van der Waals surface area contributed by atoms with E-state index in [1.165, 1.54) is 0 Å². The molecule has 1 N–H and O–H groups in total. The SMILES string of the molecule is COc1cc(Nc2nc(Cl)nc3ccccc23)c(OC)cc1Cl. The van der Waals surface area contributed by atoms with E-state index in [9.17, 15) is 0 Å². The van der Waals surface area contributed by atoms with Gasteiger partial charge in [-0.25, -0.2) is 4.98 Å². The highest BCUT2D eigenvalue weighted by atomic mass is 35.5. The van der Waals surface area contributed by atoms with Gasteiger partial charge in [-0.1, -0.05) is 23.7 Å². The summed E-state index contributed by atoms with van der Waals surface area (Å²) in [5.74, 6) is 1.66. The topological polar surface area (TPSA) is 56.3 Å². The third-order valence-corrected chi connectivity index (χ3v) is 3.77. The van der Waals surface area contributed by atoms with Crippen molar-refractivity contribution in [3.05, 3.63) is 46.7 Å². The molecule has 1 aromatic heterocycles. The first-order valence-corrected chi connectivity index (χ1v) is 7.49. The monoisotopic (exact) mass is 349 g/mol. The number of aromatic nitrogens is 2. The second-order valence-electron chi connectivity index (χ2n) is 4.67. The average molecular weight is 350 g/mol. The van der Waals surface area contributed by atoms with Gasteiger partial charge in [0.05, 0.1) is 30.4 Å². The Bertz CT molecular complexity index is 871. The summed E-state index contributed by atoms with van der Waals surface area (Å²) in [5, 5.41) is 4.67. The van der Waals surface area contributed by atoms with Crippen LogP contribution in [0.15, 0.2) is 36.4 Å². The van der Waals surface area contributed by atoms with E-state index < -0.39 is 0 Å². The third kappa shape index (κ3) is 3.11. The quantitative estimate of drug-likeness (QED) is 0.692. The van der Waals surface area contributed by atoms with Gasteiger partial charge < -0.3 is 14.8 Å². The van der Waals surface area contributed by atoms with Crippen LogP contribution in [0.1, 0.15) is 0 Å². The van der Waals surface area contributed by atoms with Crippen LogP contribution < -0.4 is 14.8 Å². The number of hydrogen-bond donors (Lipinski definition) is 1. The van der Waals surface area contributed by atoms with Crippen LogP contribution in [0.25, 0.3) is 10.9 Å². The Morgan fingerprint density at radius 1 is 0.957 bits per heavy atom. The van der Waals surface area contributed by atoms with Gasteiger partial charge in [-0.15, -0.1) is 0 Å². The van der Waals surface area contributed by atoms with Crippen molar-refractivity contribution < 1.29 is 9.47 Å². The number of methoxy groups -OCH3 is 2. The Morgan fingerprint density at radius 2 is 1.70 bits per heavy atom. The summed E-state index contributed by atoms with van der Waals surface area (Å²) >= 11 is 12.1. The molecule has 0 saturated carbocycles. The van der Waals surface area contributed by atoms with E-state index in [4.69, 9.17) is 32.7 Å². The standard InChI is InChI=1S/C16H13Cl2N3O2/c1-22-13-8-12(14(23-2)7-10(13)17)19-15-9-5-3-4-6-11(9)20-16(18)21-15/h3-8H,1-2H3,(H,19,20,21). The largest absolute Gasteiger partial charge is 0.495 e. The van der Waals surface area contributed by atoms with E-state index in [0.29, 0.717) is 28.0 Å². The molecule has 0 saturated heterocycles. The first-order chi connectivity index (χ1) is 11.1. The second-order valence-corrected chi connectivity index (χ2v) is 5.42. The van der Waals surface area contributed by atoms with Crippen LogP contribution in [0, 0.1) is 0 Å². The molecule has 0 atom stereocenters. The zero-order valence-electron chi connectivity index (χ0n) is 12.4. The van der Waals surface area contributed by atoms with Gasteiger partial charge in [-0.05, 0) is 23.7 Å². The van der Waals surface area contributed by atoms with E-state index in [-0.39, 0.29) is 5.28 Å². The predicted molar refractivity (Wildman–Crippen MR) is 92.4 cm³/mol. The van der Waals surface area contributed by atoms with Gasteiger partial charge in [0.15, 0.2) is 0 Å². The van der Waals surface area contributed by atoms with Crippen molar-refractivity contribution in [2.24, 2.45) is 0 Å². The Hall–Kier alpha value is -2.24. The lowest BCUT2D eigenvalue weighted by Crippen LogP contribution is -2.00. The van der Waals surface area contributed by atoms with Crippen molar-refractivity contribution in [2.45, 2.75) is 0 Å². The summed E-state index contributed by atoms with van der Waals surface area (Å²) in [7, 11) is 3.11. The molecule has 5 nitrogen and oxygen atoms in total. The second kappa shape index (κ2) is 6.48. The molecule has 0 aliphatic carbocycles. The Morgan fingerprint density at radius 3 is 2.43 bits per heavy atom. The fraction of sp³-hybridized carbons (Fsp3) is 0.125. The number of rotatable bonds is 4. The van der Waals surface area contributed by atoms with Gasteiger partial charge in [0.25, 0.3) is 0 Å². The van der Waals surface area contributed by atoms with Crippen molar-refractivity contribution in [3.63, 3.8) is 0 Å². The minimum Gasteiger partial charge on any atom is -0.495 e. The molecule has 0 unspecified atom stereocenters. The molecule has 0 aliphatic rings. The molecule has 0 fully saturated rings. The first-order valence-electron chi connectivity index (χ1n) is 6.73. The van der Waals surface area contributed by atoms with Gasteiger partial charge in [-0.3, -0.25) is 0 Å². The lowest BCUT2D eigenvalue weighted by molar-refractivity contribution is 0.405. The van der Waals surface area contributed by atoms with Crippen molar-refractivity contribution in [1.29, 1.82) is 0 Å². The number of anilines is 2. The highest BCUT2D eigenvalue weighted by Crippen LogP contribution is 2.38. The van der Waals surface area contributed by atoms with E-state index in [1.54, 1.807) is 26.4 Å². The van der Waals surface area contributed by atoms with Crippen LogP contribution in [-0.4, -0.2) is 24.2 Å². The van der Waals surface area contributed by atoms with Crippen LogP contribution in [0.5, 0.6) is 11.5 Å². The minimum atomic E-state index is 0.158. The average Bonchev–Trinajstić information content (AvgIpc) is 2.55. The van der Waals surface area contributed by atoms with Crippen LogP contribution >= 0.6 is 23.2 Å². The fourth-order valence-electron chi connectivity index (χ4n) is 2.23. The summed E-state index contributed by atoms with van der Waals surface area (Å²) < 4.78 is 10.6. The molecule has 0 radical (unpaired) electrons. The van der Waals surface area contributed by atoms with Crippen molar-refractivity contribution in [2.75, 3.05) is 19.5 Å². The van der Waals surface area contributed by atoms with E-state index in [2.05, 4.69) is 15.3 Å². The molecule has 2 aromatic carbocycles. The molecule has 3 rings (SSSR count). The Labute approximate surface area is 143 Å². The highest BCUT2D eigenvalue weighted by molar-refractivity contribution is 6.32. The molecule has 23 heavy (non-hydrogen) atoms. The number of benzene rings is 2. The van der Waals surface area contributed by atoms with Crippen molar-refractivity contribution in [3.8, 4) is 11.5 Å². The molecule has 0 bridgehead atoms. The minimum absolute atomic E-state index is 0.158. The summed E-state index contributed by atoms with van der Waals surface area (Å²) in [6.07, 6.45) is 0. The molecule has 1 heterocycles. The maximum atomic E-state index is 6.12. The van der Waals surface area contributed by atoms with Crippen LogP contribution in [0.3, 0.4) is 0 Å². The van der Waals surface area contributed by atoms with E-state index >= 15 is 0 Å². The number of fused-ring (bicyclic) bond motifs is 1. The third-order valence-electron chi connectivity index (χ3n) is 3.30. The zero-order valence-corrected chi connectivity index (χ0v) is 13.9. The van der Waals surface area contributed by atoms with Crippen LogP contribution in [0.4, 0.5) is 11.5 Å². The number of hydrogen-bond acceptors (Lipinski definition) is 5. The molecular weight excluding hydrogens is 337 g/mol. The van der Waals surface area contributed by atoms with E-state index in [0.717, 1.165) is 10.9 Å². The summed E-state index contributed by atoms with van der Waals surface area (Å²) in [6.45, 7) is 0. The van der Waals surface area contributed by atoms with Crippen LogP contribution in [0.2, 0.25) is 10.3 Å². The van der Waals surface area contributed by atoms with Crippen molar-refractivity contribution in [1.82, 2.24) is 9.97 Å². The number of ether oxygens (including phenoxy) is 2. The van der Waals surface area contributed by atoms with Crippen LogP contribution in [-0.2, 0) is 0 Å². The van der Waals surface area contributed by atoms with Gasteiger partial charge in [0.2, 0.25) is 5.28 Å². The van der Waals surface area contributed by atoms with Crippen molar-refractivity contribution >= 4 is 45.6 Å². The molecule has 0 spiro atoms. The molecular formula is C16H13Cl2N3O2. The van der Waals surface area contributed by atoms with Gasteiger partial charge >= 0.3 is 0 Å². The highest BCUT2D eigenvalue weighted by Gasteiger charge is 2.13. The fourth-order valence-corrected chi connectivity index (χ4v) is 2.64. The maximum absolute atomic E-state index is 6.12. The summed E-state index contributed by atoms with van der Waals surface area (Å²) in [6, 6.07) is 11.0. The lowest BCUT2D eigenvalue weighted by atomic mass is 10.2. The first kappa shape index (κ1) is 15.6. The smallest absolute Gasteiger partial charge is 0.224 e. The number of halogens is 2. The van der Waals surface area contributed by atoms with Gasteiger partial charge in [0, 0.05) is 17.5 Å². The summed E-state index contributed by atoms with van der Waals surface area (Å²) in [4.78, 5) is 8.47.